The monoisotopic (exact) mass is 338 g/mol. The zero-order valence-electron chi connectivity index (χ0n) is 12.3. The first-order valence-electron chi connectivity index (χ1n) is 6.90. The van der Waals surface area contributed by atoms with Crippen molar-refractivity contribution in [3.05, 3.63) is 0 Å². The van der Waals surface area contributed by atoms with E-state index >= 15 is 0 Å². The number of aliphatic carboxylic acids is 1. The van der Waals surface area contributed by atoms with Crippen LogP contribution in [0.15, 0.2) is 0 Å². The Balaban J connectivity index is 3.11. The van der Waals surface area contributed by atoms with Gasteiger partial charge in [-0.05, 0) is 38.2 Å². The molecule has 1 N–H and O–H groups in total. The van der Waals surface area contributed by atoms with E-state index < -0.39 is 33.1 Å². The molecule has 6 nitrogen and oxygen atoms in total. The van der Waals surface area contributed by atoms with Crippen LogP contribution in [0, 0.1) is 11.3 Å². The zero-order valence-corrected chi connectivity index (χ0v) is 14.0. The number of hydrogen-bond donors (Lipinski definition) is 1. The molecule has 1 aliphatic rings. The van der Waals surface area contributed by atoms with E-state index in [0.29, 0.717) is 12.2 Å². The van der Waals surface area contributed by atoms with Crippen LogP contribution in [0.25, 0.3) is 0 Å². The van der Waals surface area contributed by atoms with Crippen molar-refractivity contribution in [3.63, 3.8) is 0 Å². The van der Waals surface area contributed by atoms with Crippen molar-refractivity contribution in [2.24, 2.45) is 11.3 Å². The first-order chi connectivity index (χ1) is 9.80. The Morgan fingerprint density at radius 2 is 2.10 bits per heavy atom. The van der Waals surface area contributed by atoms with Gasteiger partial charge in [0.05, 0.1) is 18.1 Å². The van der Waals surface area contributed by atoms with Crippen LogP contribution >= 0.6 is 11.8 Å². The Bertz CT molecular complexity index is 487. The maximum atomic E-state index is 12.3. The van der Waals surface area contributed by atoms with Gasteiger partial charge in [0.2, 0.25) is 0 Å². The Labute approximate surface area is 129 Å². The molecule has 0 aromatic heterocycles. The van der Waals surface area contributed by atoms with Crippen LogP contribution in [0.1, 0.15) is 26.2 Å². The quantitative estimate of drug-likeness (QED) is 0.403. The number of carbonyl (C=O) groups excluding carboxylic acids is 1. The summed E-state index contributed by atoms with van der Waals surface area (Å²) < 4.78 is 28.3. The van der Waals surface area contributed by atoms with Crippen molar-refractivity contribution < 1.29 is 27.9 Å². The fourth-order valence-corrected chi connectivity index (χ4v) is 5.09. The molecule has 2 atom stereocenters. The third-order valence-corrected chi connectivity index (χ3v) is 6.34. The van der Waals surface area contributed by atoms with E-state index in [-0.39, 0.29) is 31.0 Å². The summed E-state index contributed by atoms with van der Waals surface area (Å²) in [5.41, 5.74) is -1.74. The summed E-state index contributed by atoms with van der Waals surface area (Å²) in [6.45, 7) is 1.69. The van der Waals surface area contributed by atoms with Crippen molar-refractivity contribution in [1.29, 1.82) is 0 Å². The number of carboxylic acids is 1. The lowest BCUT2D eigenvalue weighted by Crippen LogP contribution is -2.47. The Kier molecular flexibility index (Phi) is 6.52. The molecule has 0 aliphatic carbocycles. The molecule has 0 aromatic carbocycles. The zero-order chi connectivity index (χ0) is 16.1. The van der Waals surface area contributed by atoms with Crippen LogP contribution < -0.4 is 0 Å². The standard InChI is InChI=1S/C13H22O6S2/c1-3-19-12(16)13(11(14)15,6-4-7-20-2)10-5-8-21(17,18)9-10/h10H,3-9H2,1-2H3,(H,14,15). The van der Waals surface area contributed by atoms with Gasteiger partial charge in [-0.2, -0.15) is 11.8 Å². The predicted octanol–water partition coefficient (Wildman–Crippen LogP) is 1.20. The number of carboxylic acid groups (broad SMARTS) is 1. The van der Waals surface area contributed by atoms with Crippen LogP contribution in [0.5, 0.6) is 0 Å². The summed E-state index contributed by atoms with van der Waals surface area (Å²) in [5, 5.41) is 9.65. The summed E-state index contributed by atoms with van der Waals surface area (Å²) >= 11 is 1.56. The fourth-order valence-electron chi connectivity index (χ4n) is 2.78. The lowest BCUT2D eigenvalue weighted by atomic mass is 9.71. The molecule has 1 saturated heterocycles. The highest BCUT2D eigenvalue weighted by atomic mass is 32.2. The second-order valence-electron chi connectivity index (χ2n) is 5.19. The lowest BCUT2D eigenvalue weighted by Gasteiger charge is -2.32. The number of hydrogen-bond acceptors (Lipinski definition) is 6. The van der Waals surface area contributed by atoms with Gasteiger partial charge in [0.15, 0.2) is 15.3 Å². The summed E-state index contributed by atoms with van der Waals surface area (Å²) in [5.74, 6) is -2.38. The smallest absolute Gasteiger partial charge is 0.323 e. The second-order valence-corrected chi connectivity index (χ2v) is 8.41. The third kappa shape index (κ3) is 4.12. The minimum atomic E-state index is -3.27. The van der Waals surface area contributed by atoms with Gasteiger partial charge in [-0.25, -0.2) is 8.42 Å². The van der Waals surface area contributed by atoms with Crippen LogP contribution in [0.2, 0.25) is 0 Å². The summed E-state index contributed by atoms with van der Waals surface area (Å²) in [6.07, 6.45) is 2.74. The number of ether oxygens (including phenoxy) is 1. The SMILES string of the molecule is CCOC(=O)C(CCCSC)(C(=O)O)C1CCS(=O)(=O)C1. The molecule has 1 heterocycles. The highest BCUT2D eigenvalue weighted by Crippen LogP contribution is 2.41. The normalized spacial score (nSPS) is 23.4. The van der Waals surface area contributed by atoms with Gasteiger partial charge in [-0.1, -0.05) is 0 Å². The average molecular weight is 338 g/mol. The topological polar surface area (TPSA) is 97.7 Å². The van der Waals surface area contributed by atoms with Crippen molar-refractivity contribution in [1.82, 2.24) is 0 Å². The van der Waals surface area contributed by atoms with Gasteiger partial charge in [0.25, 0.3) is 0 Å². The minimum absolute atomic E-state index is 0.0609. The van der Waals surface area contributed by atoms with Crippen molar-refractivity contribution in [2.45, 2.75) is 26.2 Å². The molecule has 0 radical (unpaired) electrons. The predicted molar refractivity (Wildman–Crippen MR) is 81.1 cm³/mol. The maximum Gasteiger partial charge on any atom is 0.323 e. The Morgan fingerprint density at radius 3 is 2.52 bits per heavy atom. The van der Waals surface area contributed by atoms with Crippen molar-refractivity contribution in [3.8, 4) is 0 Å². The van der Waals surface area contributed by atoms with Gasteiger partial charge in [0, 0.05) is 5.92 Å². The third-order valence-electron chi connectivity index (χ3n) is 3.87. The van der Waals surface area contributed by atoms with Crippen LogP contribution in [0.4, 0.5) is 0 Å². The van der Waals surface area contributed by atoms with Gasteiger partial charge in [-0.3, -0.25) is 9.59 Å². The van der Waals surface area contributed by atoms with Gasteiger partial charge >= 0.3 is 11.9 Å². The summed E-state index contributed by atoms with van der Waals surface area (Å²) in [6, 6.07) is 0. The molecule has 0 spiro atoms. The van der Waals surface area contributed by atoms with E-state index in [1.807, 2.05) is 6.26 Å². The van der Waals surface area contributed by atoms with E-state index in [4.69, 9.17) is 4.74 Å². The molecule has 1 rings (SSSR count). The van der Waals surface area contributed by atoms with Crippen LogP contribution in [-0.4, -0.2) is 55.6 Å². The van der Waals surface area contributed by atoms with Gasteiger partial charge in [0.1, 0.15) is 0 Å². The summed E-state index contributed by atoms with van der Waals surface area (Å²) in [4.78, 5) is 24.1. The van der Waals surface area contributed by atoms with E-state index in [9.17, 15) is 23.1 Å². The second kappa shape index (κ2) is 7.49. The van der Waals surface area contributed by atoms with E-state index in [1.54, 1.807) is 18.7 Å². The molecule has 122 valence electrons. The molecule has 2 unspecified atom stereocenters. The Morgan fingerprint density at radius 1 is 1.43 bits per heavy atom. The molecule has 8 heteroatoms. The van der Waals surface area contributed by atoms with Gasteiger partial charge in [-0.15, -0.1) is 0 Å². The molecule has 0 amide bonds. The molecule has 0 aromatic rings. The first-order valence-corrected chi connectivity index (χ1v) is 10.1. The molecule has 0 bridgehead atoms. The Hall–Kier alpha value is -0.760. The van der Waals surface area contributed by atoms with E-state index in [0.717, 1.165) is 0 Å². The van der Waals surface area contributed by atoms with Crippen molar-refractivity contribution >= 4 is 33.5 Å². The molecule has 21 heavy (non-hydrogen) atoms. The van der Waals surface area contributed by atoms with Crippen LogP contribution in [0.3, 0.4) is 0 Å². The van der Waals surface area contributed by atoms with E-state index in [1.165, 1.54) is 0 Å². The summed E-state index contributed by atoms with van der Waals surface area (Å²) in [7, 11) is -3.27. The number of carbonyl (C=O) groups is 2. The number of rotatable bonds is 8. The first kappa shape index (κ1) is 18.3. The largest absolute Gasteiger partial charge is 0.480 e. The highest BCUT2D eigenvalue weighted by molar-refractivity contribution is 7.98. The number of esters is 1. The highest BCUT2D eigenvalue weighted by Gasteiger charge is 2.56. The maximum absolute atomic E-state index is 12.3. The molecular formula is C13H22O6S2. The van der Waals surface area contributed by atoms with Crippen molar-refractivity contribution in [2.75, 3.05) is 30.1 Å². The molecule has 1 aliphatic heterocycles. The molecular weight excluding hydrogens is 316 g/mol. The number of sulfone groups is 1. The molecule has 1 fully saturated rings. The van der Waals surface area contributed by atoms with Gasteiger partial charge < -0.3 is 9.84 Å². The molecule has 0 saturated carbocycles. The lowest BCUT2D eigenvalue weighted by molar-refractivity contribution is -0.173. The number of thioether (sulfide) groups is 1. The van der Waals surface area contributed by atoms with E-state index in [2.05, 4.69) is 0 Å². The minimum Gasteiger partial charge on any atom is -0.480 e. The average Bonchev–Trinajstić information content (AvgIpc) is 2.75. The van der Waals surface area contributed by atoms with Crippen LogP contribution in [-0.2, 0) is 24.2 Å². The fraction of sp³-hybridized carbons (Fsp3) is 0.846.